The molecule has 0 radical (unpaired) electrons. The smallest absolute Gasteiger partial charge is 0.226 e. The zero-order chi connectivity index (χ0) is 12.4. The molecule has 1 heterocycles. The van der Waals surface area contributed by atoms with Gasteiger partial charge in [-0.3, -0.25) is 4.79 Å². The monoisotopic (exact) mass is 237 g/mol. The lowest BCUT2D eigenvalue weighted by Gasteiger charge is -2.37. The number of benzene rings is 2. The van der Waals surface area contributed by atoms with E-state index in [1.54, 1.807) is 0 Å². The first-order chi connectivity index (χ1) is 8.84. The van der Waals surface area contributed by atoms with Crippen LogP contribution in [0.2, 0.25) is 0 Å². The van der Waals surface area contributed by atoms with Gasteiger partial charge in [0.2, 0.25) is 5.91 Å². The second kappa shape index (κ2) is 4.65. The van der Waals surface area contributed by atoms with Crippen LogP contribution >= 0.6 is 0 Å². The van der Waals surface area contributed by atoms with E-state index >= 15 is 0 Å². The number of rotatable bonds is 3. The molecule has 2 aromatic rings. The minimum absolute atomic E-state index is 0.0646. The maximum Gasteiger partial charge on any atom is 0.226 e. The van der Waals surface area contributed by atoms with Gasteiger partial charge in [0.05, 0.1) is 12.0 Å². The fourth-order valence-electron chi connectivity index (χ4n) is 2.47. The van der Waals surface area contributed by atoms with Crippen LogP contribution in [-0.4, -0.2) is 5.91 Å². The minimum atomic E-state index is 0.0646. The highest BCUT2D eigenvalue weighted by molar-refractivity contribution is 5.86. The normalized spacial score (nSPS) is 22.1. The Morgan fingerprint density at radius 2 is 1.50 bits per heavy atom. The quantitative estimate of drug-likeness (QED) is 0.817. The number of hydrogen-bond donors (Lipinski definition) is 1. The molecular weight excluding hydrogens is 222 g/mol. The number of hydrogen-bond acceptors (Lipinski definition) is 1. The number of β-lactam (4-membered cyclic amide) rings is 1. The zero-order valence-corrected chi connectivity index (χ0v) is 10.0. The molecule has 0 bridgehead atoms. The Morgan fingerprint density at radius 3 is 2.11 bits per heavy atom. The van der Waals surface area contributed by atoms with Crippen molar-refractivity contribution in [3.63, 3.8) is 0 Å². The van der Waals surface area contributed by atoms with Crippen LogP contribution < -0.4 is 5.32 Å². The van der Waals surface area contributed by atoms with Crippen LogP contribution in [0.15, 0.2) is 60.7 Å². The number of carbonyl (C=O) groups excluding carboxylic acids is 1. The summed E-state index contributed by atoms with van der Waals surface area (Å²) in [5, 5.41) is 2.99. The van der Waals surface area contributed by atoms with Gasteiger partial charge in [0.15, 0.2) is 0 Å². The Labute approximate surface area is 107 Å². The van der Waals surface area contributed by atoms with E-state index in [0.717, 1.165) is 6.42 Å². The molecule has 2 unspecified atom stereocenters. The van der Waals surface area contributed by atoms with Gasteiger partial charge in [-0.05, 0) is 17.5 Å². The maximum atomic E-state index is 11.7. The molecule has 2 heteroatoms. The second-order valence-electron chi connectivity index (χ2n) is 4.69. The largest absolute Gasteiger partial charge is 0.348 e. The first-order valence-corrected chi connectivity index (χ1v) is 6.24. The topological polar surface area (TPSA) is 29.1 Å². The van der Waals surface area contributed by atoms with Gasteiger partial charge < -0.3 is 5.32 Å². The van der Waals surface area contributed by atoms with E-state index in [-0.39, 0.29) is 17.9 Å². The van der Waals surface area contributed by atoms with Gasteiger partial charge in [-0.15, -0.1) is 0 Å². The Bertz CT molecular complexity index is 536. The van der Waals surface area contributed by atoms with Gasteiger partial charge >= 0.3 is 0 Å². The summed E-state index contributed by atoms with van der Waals surface area (Å²) in [6, 6.07) is 20.5. The molecule has 1 aliphatic rings. The van der Waals surface area contributed by atoms with Gasteiger partial charge in [-0.2, -0.15) is 0 Å². The Hall–Kier alpha value is -2.09. The fourth-order valence-corrected chi connectivity index (χ4v) is 2.47. The van der Waals surface area contributed by atoms with Crippen molar-refractivity contribution in [1.82, 2.24) is 5.32 Å². The average molecular weight is 237 g/mol. The summed E-state index contributed by atoms with van der Waals surface area (Å²) in [5.74, 6) is 0.225. The van der Waals surface area contributed by atoms with Crippen LogP contribution in [-0.2, 0) is 11.2 Å². The molecule has 0 spiro atoms. The highest BCUT2D eigenvalue weighted by atomic mass is 16.2. The van der Waals surface area contributed by atoms with Gasteiger partial charge in [-0.1, -0.05) is 60.7 Å². The molecule has 2 nitrogen and oxygen atoms in total. The van der Waals surface area contributed by atoms with Crippen LogP contribution in [0, 0.1) is 5.92 Å². The van der Waals surface area contributed by atoms with Crippen LogP contribution in [0.3, 0.4) is 0 Å². The molecule has 1 N–H and O–H groups in total. The first kappa shape index (κ1) is 11.0. The summed E-state index contributed by atoms with van der Waals surface area (Å²) in [6.07, 6.45) is 0.812. The summed E-state index contributed by atoms with van der Waals surface area (Å²) in [6.45, 7) is 0. The van der Waals surface area contributed by atoms with Crippen molar-refractivity contribution in [3.8, 4) is 0 Å². The number of carbonyl (C=O) groups is 1. The predicted octanol–water partition coefficient (Wildman–Crippen LogP) is 2.72. The van der Waals surface area contributed by atoms with Crippen LogP contribution in [0.25, 0.3) is 0 Å². The molecule has 90 valence electrons. The van der Waals surface area contributed by atoms with E-state index in [1.165, 1.54) is 11.1 Å². The molecular formula is C16H15NO. The van der Waals surface area contributed by atoms with Crippen molar-refractivity contribution >= 4 is 5.91 Å². The van der Waals surface area contributed by atoms with Crippen molar-refractivity contribution in [1.29, 1.82) is 0 Å². The van der Waals surface area contributed by atoms with Crippen LogP contribution in [0.1, 0.15) is 17.2 Å². The maximum absolute atomic E-state index is 11.7. The Kier molecular flexibility index (Phi) is 2.85. The van der Waals surface area contributed by atoms with Crippen molar-refractivity contribution < 1.29 is 4.79 Å². The van der Waals surface area contributed by atoms with Crippen molar-refractivity contribution in [2.45, 2.75) is 12.5 Å². The molecule has 2 aromatic carbocycles. The summed E-state index contributed by atoms with van der Waals surface area (Å²) < 4.78 is 0. The van der Waals surface area contributed by atoms with E-state index in [9.17, 15) is 4.79 Å². The number of nitrogens with one attached hydrogen (secondary N) is 1. The zero-order valence-electron chi connectivity index (χ0n) is 10.0. The van der Waals surface area contributed by atoms with Gasteiger partial charge in [0, 0.05) is 0 Å². The summed E-state index contributed by atoms with van der Waals surface area (Å²) >= 11 is 0. The third-order valence-electron chi connectivity index (χ3n) is 3.49. The van der Waals surface area contributed by atoms with Gasteiger partial charge in [0.25, 0.3) is 0 Å². The molecule has 1 aliphatic heterocycles. The predicted molar refractivity (Wildman–Crippen MR) is 71.0 cm³/mol. The standard InChI is InChI=1S/C16H15NO/c18-16-14(11-12-7-3-1-4-8-12)15(17-16)13-9-5-2-6-10-13/h1-10,14-15H,11H2,(H,17,18). The molecule has 0 aromatic heterocycles. The average Bonchev–Trinajstić information content (AvgIpc) is 2.44. The molecule has 1 saturated heterocycles. The highest BCUT2D eigenvalue weighted by Crippen LogP contribution is 2.32. The fraction of sp³-hybridized carbons (Fsp3) is 0.188. The SMILES string of the molecule is O=C1NC(c2ccccc2)C1Cc1ccccc1. The van der Waals surface area contributed by atoms with Crippen LogP contribution in [0.4, 0.5) is 0 Å². The molecule has 0 saturated carbocycles. The molecule has 2 atom stereocenters. The second-order valence-corrected chi connectivity index (χ2v) is 4.69. The van der Waals surface area contributed by atoms with Crippen molar-refractivity contribution in [2.75, 3.05) is 0 Å². The minimum Gasteiger partial charge on any atom is -0.348 e. The lowest BCUT2D eigenvalue weighted by Crippen LogP contribution is -2.52. The van der Waals surface area contributed by atoms with E-state index < -0.39 is 0 Å². The molecule has 1 amide bonds. The van der Waals surface area contributed by atoms with Gasteiger partial charge in [-0.25, -0.2) is 0 Å². The highest BCUT2D eigenvalue weighted by Gasteiger charge is 2.39. The molecule has 0 aliphatic carbocycles. The lowest BCUT2D eigenvalue weighted by atomic mass is 9.81. The van der Waals surface area contributed by atoms with Crippen LogP contribution in [0.5, 0.6) is 0 Å². The van der Waals surface area contributed by atoms with E-state index in [4.69, 9.17) is 0 Å². The molecule has 18 heavy (non-hydrogen) atoms. The molecule has 3 rings (SSSR count). The lowest BCUT2D eigenvalue weighted by molar-refractivity contribution is -0.135. The van der Waals surface area contributed by atoms with E-state index in [1.807, 2.05) is 36.4 Å². The summed E-state index contributed by atoms with van der Waals surface area (Å²) in [7, 11) is 0. The Balaban J connectivity index is 1.77. The number of amides is 1. The third kappa shape index (κ3) is 2.02. The third-order valence-corrected chi connectivity index (χ3v) is 3.49. The van der Waals surface area contributed by atoms with Crippen molar-refractivity contribution in [3.05, 3.63) is 71.8 Å². The van der Waals surface area contributed by atoms with E-state index in [0.29, 0.717) is 0 Å². The summed E-state index contributed by atoms with van der Waals surface area (Å²) in [5.41, 5.74) is 2.41. The Morgan fingerprint density at radius 1 is 0.889 bits per heavy atom. The first-order valence-electron chi connectivity index (χ1n) is 6.24. The summed E-state index contributed by atoms with van der Waals surface area (Å²) in [4.78, 5) is 11.7. The van der Waals surface area contributed by atoms with Gasteiger partial charge in [0.1, 0.15) is 0 Å². The van der Waals surface area contributed by atoms with E-state index in [2.05, 4.69) is 29.6 Å². The van der Waals surface area contributed by atoms with Crippen molar-refractivity contribution in [2.24, 2.45) is 5.92 Å². The molecule has 1 fully saturated rings.